The molecule has 1 atom stereocenters. The SMILES string of the molecule is CC(C)(C)OC(=O)N1CCC2(C1)NCCn1cncc12. The maximum absolute atomic E-state index is 12.2. The highest BCUT2D eigenvalue weighted by molar-refractivity contribution is 5.68. The molecule has 0 radical (unpaired) electrons. The highest BCUT2D eigenvalue weighted by Gasteiger charge is 2.45. The largest absolute Gasteiger partial charge is 0.444 e. The van der Waals surface area contributed by atoms with Gasteiger partial charge in [0.2, 0.25) is 0 Å². The van der Waals surface area contributed by atoms with Gasteiger partial charge in [0.15, 0.2) is 0 Å². The maximum atomic E-state index is 12.2. The van der Waals surface area contributed by atoms with Gasteiger partial charge >= 0.3 is 6.09 Å². The highest BCUT2D eigenvalue weighted by atomic mass is 16.6. The van der Waals surface area contributed by atoms with Crippen LogP contribution in [0.4, 0.5) is 4.79 Å². The zero-order chi connectivity index (χ0) is 14.4. The van der Waals surface area contributed by atoms with E-state index >= 15 is 0 Å². The molecule has 6 nitrogen and oxygen atoms in total. The van der Waals surface area contributed by atoms with Crippen LogP contribution in [0.1, 0.15) is 32.9 Å². The third-order valence-corrected chi connectivity index (χ3v) is 3.94. The first-order chi connectivity index (χ1) is 9.40. The summed E-state index contributed by atoms with van der Waals surface area (Å²) in [5, 5.41) is 3.57. The van der Waals surface area contributed by atoms with Gasteiger partial charge in [-0.3, -0.25) is 0 Å². The van der Waals surface area contributed by atoms with Crippen molar-refractivity contribution in [1.82, 2.24) is 19.8 Å². The van der Waals surface area contributed by atoms with E-state index in [1.54, 1.807) is 4.90 Å². The van der Waals surface area contributed by atoms with Crippen molar-refractivity contribution in [3.05, 3.63) is 18.2 Å². The normalized spacial score (nSPS) is 25.9. The molecule has 1 amide bonds. The molecule has 6 heteroatoms. The summed E-state index contributed by atoms with van der Waals surface area (Å²) in [4.78, 5) is 18.2. The van der Waals surface area contributed by atoms with Gasteiger partial charge in [0.25, 0.3) is 0 Å². The van der Waals surface area contributed by atoms with Crippen LogP contribution >= 0.6 is 0 Å². The Balaban J connectivity index is 1.76. The number of amides is 1. The minimum atomic E-state index is -0.450. The summed E-state index contributed by atoms with van der Waals surface area (Å²) >= 11 is 0. The Morgan fingerprint density at radius 3 is 3.00 bits per heavy atom. The number of carbonyl (C=O) groups is 1. The van der Waals surface area contributed by atoms with Crippen LogP contribution in [-0.2, 0) is 16.8 Å². The standard InChI is InChI=1S/C14H22N4O2/c1-13(2,3)20-12(19)17-6-4-14(9-17)11-8-15-10-18(11)7-5-16-14/h8,10,16H,4-7,9H2,1-3H3. The van der Waals surface area contributed by atoms with E-state index in [9.17, 15) is 4.79 Å². The van der Waals surface area contributed by atoms with Crippen LogP contribution in [0.15, 0.2) is 12.5 Å². The second-order valence-corrected chi connectivity index (χ2v) is 6.63. The van der Waals surface area contributed by atoms with E-state index in [1.807, 2.05) is 33.3 Å². The molecule has 1 fully saturated rings. The van der Waals surface area contributed by atoms with Gasteiger partial charge in [0.1, 0.15) is 5.60 Å². The third-order valence-electron chi connectivity index (χ3n) is 3.94. The van der Waals surface area contributed by atoms with Crippen molar-refractivity contribution in [2.45, 2.75) is 44.9 Å². The van der Waals surface area contributed by atoms with E-state index in [2.05, 4.69) is 14.9 Å². The summed E-state index contributed by atoms with van der Waals surface area (Å²) in [5.74, 6) is 0. The first-order valence-electron chi connectivity index (χ1n) is 7.13. The van der Waals surface area contributed by atoms with Crippen LogP contribution in [0.25, 0.3) is 0 Å². The average Bonchev–Trinajstić information content (AvgIpc) is 2.95. The summed E-state index contributed by atoms with van der Waals surface area (Å²) in [6.45, 7) is 8.88. The Kier molecular flexibility index (Phi) is 3.01. The molecular formula is C14H22N4O2. The highest BCUT2D eigenvalue weighted by Crippen LogP contribution is 2.34. The van der Waals surface area contributed by atoms with E-state index in [0.717, 1.165) is 19.5 Å². The molecule has 1 unspecified atom stereocenters. The lowest BCUT2D eigenvalue weighted by atomic mass is 9.93. The van der Waals surface area contributed by atoms with E-state index in [1.165, 1.54) is 5.69 Å². The molecule has 1 spiro atoms. The second kappa shape index (κ2) is 4.48. The van der Waals surface area contributed by atoms with Crippen LogP contribution in [-0.4, -0.2) is 45.8 Å². The van der Waals surface area contributed by atoms with Gasteiger partial charge in [-0.25, -0.2) is 9.78 Å². The van der Waals surface area contributed by atoms with Crippen molar-refractivity contribution >= 4 is 6.09 Å². The minimum Gasteiger partial charge on any atom is -0.444 e. The number of imidazole rings is 1. The molecule has 1 saturated heterocycles. The molecule has 1 N–H and O–H groups in total. The minimum absolute atomic E-state index is 0.161. The fourth-order valence-corrected chi connectivity index (χ4v) is 3.05. The summed E-state index contributed by atoms with van der Waals surface area (Å²) in [6.07, 6.45) is 4.45. The number of likely N-dealkylation sites (tertiary alicyclic amines) is 1. The molecule has 1 aromatic rings. The van der Waals surface area contributed by atoms with Crippen molar-refractivity contribution < 1.29 is 9.53 Å². The fourth-order valence-electron chi connectivity index (χ4n) is 3.05. The Morgan fingerprint density at radius 2 is 2.25 bits per heavy atom. The molecule has 1 aromatic heterocycles. The Morgan fingerprint density at radius 1 is 1.45 bits per heavy atom. The van der Waals surface area contributed by atoms with Crippen molar-refractivity contribution in [2.24, 2.45) is 0 Å². The molecule has 3 heterocycles. The number of nitrogens with one attached hydrogen (secondary N) is 1. The van der Waals surface area contributed by atoms with Crippen molar-refractivity contribution in [3.63, 3.8) is 0 Å². The van der Waals surface area contributed by atoms with Gasteiger partial charge in [0, 0.05) is 26.2 Å². The van der Waals surface area contributed by atoms with E-state index in [-0.39, 0.29) is 11.6 Å². The summed E-state index contributed by atoms with van der Waals surface area (Å²) in [6, 6.07) is 0. The molecule has 0 aromatic carbocycles. The predicted molar refractivity (Wildman–Crippen MR) is 74.3 cm³/mol. The molecular weight excluding hydrogens is 256 g/mol. The first-order valence-corrected chi connectivity index (χ1v) is 7.13. The topological polar surface area (TPSA) is 59.4 Å². The summed E-state index contributed by atoms with van der Waals surface area (Å²) in [7, 11) is 0. The van der Waals surface area contributed by atoms with Gasteiger partial charge in [-0.1, -0.05) is 0 Å². The molecule has 0 aliphatic carbocycles. The molecule has 20 heavy (non-hydrogen) atoms. The van der Waals surface area contributed by atoms with Gasteiger partial charge in [-0.05, 0) is 27.2 Å². The second-order valence-electron chi connectivity index (χ2n) is 6.63. The number of carbonyl (C=O) groups excluding carboxylic acids is 1. The van der Waals surface area contributed by atoms with Crippen molar-refractivity contribution in [1.29, 1.82) is 0 Å². The zero-order valence-corrected chi connectivity index (χ0v) is 12.3. The zero-order valence-electron chi connectivity index (χ0n) is 12.3. The lowest BCUT2D eigenvalue weighted by Gasteiger charge is -2.35. The van der Waals surface area contributed by atoms with E-state index in [4.69, 9.17) is 4.74 Å². The fraction of sp³-hybridized carbons (Fsp3) is 0.714. The molecule has 2 aliphatic rings. The predicted octanol–water partition coefficient (Wildman–Crippen LogP) is 1.32. The van der Waals surface area contributed by atoms with Crippen LogP contribution < -0.4 is 5.32 Å². The lowest BCUT2D eigenvalue weighted by Crippen LogP contribution is -2.51. The van der Waals surface area contributed by atoms with Crippen molar-refractivity contribution in [3.8, 4) is 0 Å². The average molecular weight is 278 g/mol. The number of fused-ring (bicyclic) bond motifs is 2. The quantitative estimate of drug-likeness (QED) is 0.777. The van der Waals surface area contributed by atoms with Crippen LogP contribution in [0, 0.1) is 0 Å². The molecule has 3 rings (SSSR count). The van der Waals surface area contributed by atoms with Crippen LogP contribution in [0.3, 0.4) is 0 Å². The van der Waals surface area contributed by atoms with Crippen molar-refractivity contribution in [2.75, 3.05) is 19.6 Å². The third kappa shape index (κ3) is 2.28. The number of hydrogen-bond acceptors (Lipinski definition) is 4. The van der Waals surface area contributed by atoms with E-state index < -0.39 is 5.60 Å². The number of nitrogens with zero attached hydrogens (tertiary/aromatic N) is 3. The van der Waals surface area contributed by atoms with Crippen LogP contribution in [0.2, 0.25) is 0 Å². The van der Waals surface area contributed by atoms with Gasteiger partial charge < -0.3 is 19.5 Å². The molecule has 0 bridgehead atoms. The molecule has 0 saturated carbocycles. The Hall–Kier alpha value is -1.56. The molecule has 2 aliphatic heterocycles. The van der Waals surface area contributed by atoms with Gasteiger partial charge in [-0.15, -0.1) is 0 Å². The monoisotopic (exact) mass is 278 g/mol. The number of aromatic nitrogens is 2. The Labute approximate surface area is 119 Å². The first kappa shape index (κ1) is 13.4. The Bertz CT molecular complexity index is 519. The lowest BCUT2D eigenvalue weighted by molar-refractivity contribution is 0.0277. The number of hydrogen-bond donors (Lipinski definition) is 1. The smallest absolute Gasteiger partial charge is 0.410 e. The van der Waals surface area contributed by atoms with Gasteiger partial charge in [0.05, 0.1) is 23.8 Å². The molecule has 110 valence electrons. The number of rotatable bonds is 0. The number of ether oxygens (including phenoxy) is 1. The summed E-state index contributed by atoms with van der Waals surface area (Å²) in [5.41, 5.74) is 0.565. The van der Waals surface area contributed by atoms with E-state index in [0.29, 0.717) is 13.1 Å². The maximum Gasteiger partial charge on any atom is 0.410 e. The summed E-state index contributed by atoms with van der Waals surface area (Å²) < 4.78 is 7.64. The van der Waals surface area contributed by atoms with Crippen LogP contribution in [0.5, 0.6) is 0 Å². The van der Waals surface area contributed by atoms with Gasteiger partial charge in [-0.2, -0.15) is 0 Å².